The summed E-state index contributed by atoms with van der Waals surface area (Å²) in [6.07, 6.45) is -1.71. The van der Waals surface area contributed by atoms with E-state index in [4.69, 9.17) is 0 Å². The van der Waals surface area contributed by atoms with Crippen LogP contribution in [0.4, 0.5) is 18.0 Å². The first-order chi connectivity index (χ1) is 30.3. The summed E-state index contributed by atoms with van der Waals surface area (Å²) in [4.78, 5) is 64.3. The minimum atomic E-state index is -4.40. The van der Waals surface area contributed by atoms with Gasteiger partial charge < -0.3 is 29.7 Å². The molecule has 3 aliphatic rings. The number of fused-ring (bicyclic) bond motifs is 2. The number of hydrogen-bond donors (Lipinski definition) is 2. The zero-order valence-electron chi connectivity index (χ0n) is 34.9. The molecule has 4 aromatic carbocycles. The molecule has 4 heterocycles. The average molecular weight is 863 g/mol. The predicted octanol–water partition coefficient (Wildman–Crippen LogP) is 5.60. The third kappa shape index (κ3) is 9.13. The summed E-state index contributed by atoms with van der Waals surface area (Å²) in [6.45, 7) is 6.76. The summed E-state index contributed by atoms with van der Waals surface area (Å²) >= 11 is 0. The molecule has 0 bridgehead atoms. The average Bonchev–Trinajstić information content (AvgIpc) is 3.62. The fraction of sp³-hybridized carbons (Fsp3) is 0.319. The third-order valence-corrected chi connectivity index (χ3v) is 12.1. The Bertz CT molecular complexity index is 2490. The van der Waals surface area contributed by atoms with Crippen LogP contribution in [-0.4, -0.2) is 121 Å². The first-order valence-corrected chi connectivity index (χ1v) is 20.9. The number of carbonyl (C=O) groups is 4. The van der Waals surface area contributed by atoms with Crippen LogP contribution >= 0.6 is 0 Å². The lowest BCUT2D eigenvalue weighted by atomic mass is 9.98. The van der Waals surface area contributed by atoms with Crippen molar-refractivity contribution in [3.63, 3.8) is 0 Å². The summed E-state index contributed by atoms with van der Waals surface area (Å²) in [7, 11) is 1.85. The topological polar surface area (TPSA) is 125 Å². The summed E-state index contributed by atoms with van der Waals surface area (Å²) in [5, 5.41) is 16.9. The molecule has 5 amide bonds. The molecule has 0 saturated carbocycles. The molecule has 5 aromatic rings. The number of phenolic OH excluding ortho intramolecular Hbond substituents is 1. The maximum absolute atomic E-state index is 14.8. The molecule has 0 aliphatic carbocycles. The zero-order chi connectivity index (χ0) is 44.4. The lowest BCUT2D eigenvalue weighted by molar-refractivity contribution is -0.189. The van der Waals surface area contributed by atoms with Gasteiger partial charge in [-0.2, -0.15) is 13.2 Å². The van der Waals surface area contributed by atoms with E-state index in [2.05, 4.69) is 16.8 Å². The second kappa shape index (κ2) is 18.0. The summed E-state index contributed by atoms with van der Waals surface area (Å²) in [5.41, 5.74) is 3.73. The van der Waals surface area contributed by atoms with Gasteiger partial charge in [0.2, 0.25) is 11.8 Å². The SMILES string of the molecule is C=CCN1CC(=O)N2[C@@H](Cc3ccc(O)cc3)C(=O)N(Cc3cccc4c(C(=O)N5CCN(Cc6ccc(C(F)(F)F)cc6)CC5)cn(C)c34)C[C@@H]2N1C(=O)NCc1ccccc1. The van der Waals surface area contributed by atoms with Crippen LogP contribution in [-0.2, 0) is 48.9 Å². The Morgan fingerprint density at radius 2 is 1.56 bits per heavy atom. The number of amides is 5. The molecule has 2 atom stereocenters. The van der Waals surface area contributed by atoms with Gasteiger partial charge in [0, 0.05) is 77.4 Å². The fourth-order valence-corrected chi connectivity index (χ4v) is 8.95. The van der Waals surface area contributed by atoms with Gasteiger partial charge in [0.25, 0.3) is 5.91 Å². The van der Waals surface area contributed by atoms with Crippen molar-refractivity contribution in [2.75, 3.05) is 45.8 Å². The Balaban J connectivity index is 1.04. The van der Waals surface area contributed by atoms with E-state index >= 15 is 0 Å². The number of nitrogens with zero attached hydrogens (tertiary/aromatic N) is 7. The molecule has 16 heteroatoms. The predicted molar refractivity (Wildman–Crippen MR) is 229 cm³/mol. The van der Waals surface area contributed by atoms with Crippen LogP contribution in [0.5, 0.6) is 5.75 Å². The first kappa shape index (κ1) is 43.0. The van der Waals surface area contributed by atoms with Crippen molar-refractivity contribution in [2.24, 2.45) is 7.05 Å². The van der Waals surface area contributed by atoms with Gasteiger partial charge >= 0.3 is 12.2 Å². The van der Waals surface area contributed by atoms with Crippen molar-refractivity contribution in [2.45, 2.75) is 44.4 Å². The minimum absolute atomic E-state index is 0.00635. The number of para-hydroxylation sites is 1. The highest BCUT2D eigenvalue weighted by Gasteiger charge is 2.51. The number of hydrogen-bond acceptors (Lipinski definition) is 7. The number of carbonyl (C=O) groups excluding carboxylic acids is 4. The first-order valence-electron chi connectivity index (χ1n) is 20.9. The number of nitrogens with one attached hydrogen (secondary N) is 1. The molecule has 8 rings (SSSR count). The molecule has 0 spiro atoms. The van der Waals surface area contributed by atoms with Crippen molar-refractivity contribution in [1.82, 2.24) is 39.5 Å². The summed E-state index contributed by atoms with van der Waals surface area (Å²) in [5.74, 6) is -0.688. The number of halogens is 3. The lowest BCUT2D eigenvalue weighted by Gasteiger charge is -2.55. The van der Waals surface area contributed by atoms with Gasteiger partial charge in [-0.05, 0) is 46.5 Å². The van der Waals surface area contributed by atoms with Gasteiger partial charge in [0.15, 0.2) is 0 Å². The molecule has 2 N–H and O–H groups in total. The van der Waals surface area contributed by atoms with Crippen LogP contribution in [0.1, 0.15) is 38.2 Å². The smallest absolute Gasteiger partial charge is 0.416 e. The Morgan fingerprint density at radius 1 is 0.857 bits per heavy atom. The van der Waals surface area contributed by atoms with Gasteiger partial charge in [-0.25, -0.2) is 14.8 Å². The number of hydrazine groups is 1. The molecule has 3 fully saturated rings. The Morgan fingerprint density at radius 3 is 2.24 bits per heavy atom. The second-order valence-electron chi connectivity index (χ2n) is 16.2. The van der Waals surface area contributed by atoms with E-state index in [-0.39, 0.29) is 62.6 Å². The number of aromatic hydroxyl groups is 1. The van der Waals surface area contributed by atoms with E-state index in [1.807, 2.05) is 60.1 Å². The molecule has 3 saturated heterocycles. The van der Waals surface area contributed by atoms with E-state index in [1.54, 1.807) is 39.2 Å². The molecule has 63 heavy (non-hydrogen) atoms. The van der Waals surface area contributed by atoms with Crippen LogP contribution in [0, 0.1) is 0 Å². The highest BCUT2D eigenvalue weighted by Crippen LogP contribution is 2.33. The van der Waals surface area contributed by atoms with E-state index in [9.17, 15) is 37.5 Å². The number of urea groups is 1. The van der Waals surface area contributed by atoms with Crippen LogP contribution in [0.25, 0.3) is 10.9 Å². The van der Waals surface area contributed by atoms with Gasteiger partial charge in [-0.3, -0.25) is 19.3 Å². The van der Waals surface area contributed by atoms with Gasteiger partial charge in [-0.15, -0.1) is 6.58 Å². The number of aryl methyl sites for hydroxylation is 1. The molecule has 0 radical (unpaired) electrons. The molecule has 13 nitrogen and oxygen atoms in total. The highest BCUT2D eigenvalue weighted by molar-refractivity contribution is 6.07. The molecule has 1 aromatic heterocycles. The lowest BCUT2D eigenvalue weighted by Crippen LogP contribution is -2.76. The van der Waals surface area contributed by atoms with E-state index in [0.717, 1.165) is 39.9 Å². The van der Waals surface area contributed by atoms with E-state index in [1.165, 1.54) is 34.2 Å². The molecular weight excluding hydrogens is 814 g/mol. The second-order valence-corrected chi connectivity index (χ2v) is 16.2. The Hall–Kier alpha value is -6.65. The van der Waals surface area contributed by atoms with E-state index < -0.39 is 30.0 Å². The van der Waals surface area contributed by atoms with Crippen molar-refractivity contribution < 1.29 is 37.5 Å². The molecular formula is C47H49F3N8O5. The van der Waals surface area contributed by atoms with Gasteiger partial charge in [0.1, 0.15) is 18.0 Å². The maximum atomic E-state index is 14.8. The highest BCUT2D eigenvalue weighted by atomic mass is 19.4. The number of alkyl halides is 3. The van der Waals surface area contributed by atoms with Crippen molar-refractivity contribution >= 4 is 34.7 Å². The summed E-state index contributed by atoms with van der Waals surface area (Å²) in [6, 6.07) is 25.3. The zero-order valence-corrected chi connectivity index (χ0v) is 34.9. The number of rotatable bonds is 11. The number of phenols is 1. The summed E-state index contributed by atoms with van der Waals surface area (Å²) < 4.78 is 41.1. The number of benzene rings is 4. The van der Waals surface area contributed by atoms with Crippen LogP contribution in [0.3, 0.4) is 0 Å². The van der Waals surface area contributed by atoms with Crippen LogP contribution in [0.15, 0.2) is 116 Å². The quantitative estimate of drug-likeness (QED) is 0.166. The van der Waals surface area contributed by atoms with Crippen molar-refractivity contribution in [3.05, 3.63) is 149 Å². The van der Waals surface area contributed by atoms with Crippen molar-refractivity contribution in [3.8, 4) is 5.75 Å². The monoisotopic (exact) mass is 862 g/mol. The fourth-order valence-electron chi connectivity index (χ4n) is 8.95. The molecule has 328 valence electrons. The largest absolute Gasteiger partial charge is 0.508 e. The minimum Gasteiger partial charge on any atom is -0.508 e. The molecule has 3 aliphatic heterocycles. The van der Waals surface area contributed by atoms with Crippen LogP contribution < -0.4 is 5.32 Å². The molecule has 0 unspecified atom stereocenters. The Kier molecular flexibility index (Phi) is 12.3. The number of aromatic nitrogens is 1. The number of piperazine rings is 2. The van der Waals surface area contributed by atoms with Gasteiger partial charge in [0.05, 0.1) is 29.7 Å². The van der Waals surface area contributed by atoms with Gasteiger partial charge in [-0.1, -0.05) is 78.9 Å². The third-order valence-electron chi connectivity index (χ3n) is 12.1. The normalized spacial score (nSPS) is 18.8. The van der Waals surface area contributed by atoms with Crippen LogP contribution in [0.2, 0.25) is 0 Å². The standard InChI is InChI=1S/C47H49F3N8O5/c1-3-20-56-31-42(60)57-40(25-32-14-18-37(59)19-15-32)45(62)55(30-41(57)58(56)46(63)51-26-33-8-5-4-6-9-33)28-35-10-7-11-38-39(29-52(2)43(35)38)44(61)54-23-21-53(22-24-54)27-34-12-16-36(17-13-34)47(48,49)50/h3-19,29,40-41,59H,1,20-28,30-31H2,2H3,(H,51,63)/t40-,41-/m0/s1. The Labute approximate surface area is 363 Å². The maximum Gasteiger partial charge on any atom is 0.416 e. The van der Waals surface area contributed by atoms with Crippen molar-refractivity contribution in [1.29, 1.82) is 0 Å². The van der Waals surface area contributed by atoms with E-state index in [0.29, 0.717) is 43.7 Å².